The molecule has 0 heterocycles. The largest absolute Gasteiger partial charge is 0.463 e. The number of hydrogen-bond donors (Lipinski definition) is 1. The highest BCUT2D eigenvalue weighted by molar-refractivity contribution is 5.63. The van der Waals surface area contributed by atoms with Crippen molar-refractivity contribution in [2.45, 2.75) is 13.2 Å². The Morgan fingerprint density at radius 3 is 2.00 bits per heavy atom. The molecule has 2 aromatic carbocycles. The third kappa shape index (κ3) is 4.12. The van der Waals surface area contributed by atoms with Crippen LogP contribution in [0.3, 0.4) is 0 Å². The van der Waals surface area contributed by atoms with E-state index in [9.17, 15) is 4.79 Å². The summed E-state index contributed by atoms with van der Waals surface area (Å²) in [5.74, 6) is 0. The summed E-state index contributed by atoms with van der Waals surface area (Å²) in [6, 6.07) is 18.8. The molecule has 1 N–H and O–H groups in total. The van der Waals surface area contributed by atoms with E-state index in [2.05, 4.69) is 0 Å². The molecule has 0 radical (unpaired) electrons. The lowest BCUT2D eigenvalue weighted by atomic mass is 10.2. The number of hydrogen-bond acceptors (Lipinski definition) is 2. The van der Waals surface area contributed by atoms with Crippen molar-refractivity contribution in [1.29, 1.82) is 0 Å². The van der Waals surface area contributed by atoms with Crippen LogP contribution < -0.4 is 0 Å². The molecule has 2 rings (SSSR count). The van der Waals surface area contributed by atoms with Gasteiger partial charge in [0.15, 0.2) is 0 Å². The van der Waals surface area contributed by atoms with Crippen LogP contribution in [0.15, 0.2) is 60.7 Å². The Morgan fingerprint density at radius 2 is 1.47 bits per heavy atom. The second-order valence-corrected chi connectivity index (χ2v) is 4.06. The number of rotatable bonds is 5. The van der Waals surface area contributed by atoms with Gasteiger partial charge in [0.05, 0.1) is 6.54 Å². The number of carbonyl (C=O) groups is 1. The van der Waals surface area contributed by atoms with Crippen molar-refractivity contribution >= 4 is 6.09 Å². The number of hydroxylamine groups is 2. The first-order valence-electron chi connectivity index (χ1n) is 5.97. The third-order valence-electron chi connectivity index (χ3n) is 2.61. The van der Waals surface area contributed by atoms with Gasteiger partial charge in [-0.2, -0.15) is 5.06 Å². The quantitative estimate of drug-likeness (QED) is 0.836. The van der Waals surface area contributed by atoms with Crippen molar-refractivity contribution in [2.24, 2.45) is 0 Å². The summed E-state index contributed by atoms with van der Waals surface area (Å²) in [5, 5.41) is 10.1. The molecule has 19 heavy (non-hydrogen) atoms. The molecule has 4 heteroatoms. The second kappa shape index (κ2) is 6.56. The van der Waals surface area contributed by atoms with Gasteiger partial charge < -0.3 is 5.11 Å². The highest BCUT2D eigenvalue weighted by atomic mass is 16.7. The fourth-order valence-corrected chi connectivity index (χ4v) is 1.64. The molecule has 0 aliphatic heterocycles. The lowest BCUT2D eigenvalue weighted by Gasteiger charge is -2.18. The normalized spacial score (nSPS) is 10.1. The summed E-state index contributed by atoms with van der Waals surface area (Å²) >= 11 is 0. The van der Waals surface area contributed by atoms with Crippen LogP contribution in [-0.4, -0.2) is 16.3 Å². The molecule has 0 unspecified atom stereocenters. The monoisotopic (exact) mass is 257 g/mol. The van der Waals surface area contributed by atoms with Crippen molar-refractivity contribution in [1.82, 2.24) is 5.06 Å². The minimum Gasteiger partial charge on any atom is -0.463 e. The van der Waals surface area contributed by atoms with Crippen LogP contribution in [0.4, 0.5) is 4.79 Å². The molecule has 0 aliphatic carbocycles. The van der Waals surface area contributed by atoms with Crippen LogP contribution in [0.5, 0.6) is 0 Å². The maximum atomic E-state index is 11.1. The molecule has 98 valence electrons. The fraction of sp³-hybridized carbons (Fsp3) is 0.133. The minimum absolute atomic E-state index is 0.211. The summed E-state index contributed by atoms with van der Waals surface area (Å²) in [4.78, 5) is 16.5. The van der Waals surface area contributed by atoms with Gasteiger partial charge >= 0.3 is 6.09 Å². The molecule has 0 bridgehead atoms. The molecule has 1 amide bonds. The first kappa shape index (κ1) is 13.1. The van der Waals surface area contributed by atoms with Crippen LogP contribution in [0, 0.1) is 0 Å². The molecule has 0 aromatic heterocycles. The molecule has 0 saturated heterocycles. The van der Waals surface area contributed by atoms with E-state index in [1.807, 2.05) is 60.7 Å². The van der Waals surface area contributed by atoms with E-state index in [4.69, 9.17) is 9.94 Å². The van der Waals surface area contributed by atoms with Gasteiger partial charge in [0.25, 0.3) is 0 Å². The number of amides is 1. The van der Waals surface area contributed by atoms with E-state index >= 15 is 0 Å². The Labute approximate surface area is 111 Å². The highest BCUT2D eigenvalue weighted by Crippen LogP contribution is 2.08. The topological polar surface area (TPSA) is 49.8 Å². The molecular formula is C15H15NO3. The van der Waals surface area contributed by atoms with E-state index in [1.165, 1.54) is 0 Å². The predicted molar refractivity (Wildman–Crippen MR) is 71.2 cm³/mol. The fourth-order valence-electron chi connectivity index (χ4n) is 1.64. The van der Waals surface area contributed by atoms with Gasteiger partial charge in [-0.1, -0.05) is 60.7 Å². The van der Waals surface area contributed by atoms with E-state index < -0.39 is 6.09 Å². The Kier molecular flexibility index (Phi) is 4.53. The number of nitrogens with zero attached hydrogens (tertiary/aromatic N) is 1. The van der Waals surface area contributed by atoms with Crippen LogP contribution >= 0.6 is 0 Å². The van der Waals surface area contributed by atoms with Gasteiger partial charge in [0, 0.05) is 0 Å². The molecule has 2 aromatic rings. The zero-order valence-corrected chi connectivity index (χ0v) is 10.4. The molecular weight excluding hydrogens is 242 g/mol. The maximum absolute atomic E-state index is 11.1. The van der Waals surface area contributed by atoms with Crippen LogP contribution in [-0.2, 0) is 18.0 Å². The van der Waals surface area contributed by atoms with Crippen molar-refractivity contribution < 1.29 is 14.7 Å². The summed E-state index contributed by atoms with van der Waals surface area (Å²) in [6.07, 6.45) is -1.10. The van der Waals surface area contributed by atoms with Crippen LogP contribution in [0.2, 0.25) is 0 Å². The smallest absolute Gasteiger partial charge is 0.431 e. The van der Waals surface area contributed by atoms with Gasteiger partial charge in [-0.05, 0) is 11.1 Å². The third-order valence-corrected chi connectivity index (χ3v) is 2.61. The van der Waals surface area contributed by atoms with Gasteiger partial charge in [-0.25, -0.2) is 4.79 Å². The molecule has 0 fully saturated rings. The van der Waals surface area contributed by atoms with Crippen molar-refractivity contribution in [2.75, 3.05) is 0 Å². The average molecular weight is 257 g/mol. The number of benzene rings is 2. The zero-order valence-electron chi connectivity index (χ0n) is 10.4. The lowest BCUT2D eigenvalue weighted by Crippen LogP contribution is -2.29. The molecule has 0 saturated carbocycles. The molecule has 4 nitrogen and oxygen atoms in total. The first-order valence-corrected chi connectivity index (χ1v) is 5.97. The van der Waals surface area contributed by atoms with Crippen molar-refractivity contribution in [3.8, 4) is 0 Å². The summed E-state index contributed by atoms with van der Waals surface area (Å²) in [6.45, 7) is 0.447. The van der Waals surface area contributed by atoms with E-state index in [0.717, 1.165) is 16.2 Å². The first-order chi connectivity index (χ1) is 9.25. The Bertz CT molecular complexity index is 513. The SMILES string of the molecule is O=C(O)N(Cc1ccccc1)OCc1ccccc1. The number of carboxylic acid groups (broad SMARTS) is 1. The van der Waals surface area contributed by atoms with Gasteiger partial charge in [-0.3, -0.25) is 4.84 Å². The van der Waals surface area contributed by atoms with Gasteiger partial charge in [0.1, 0.15) is 6.61 Å². The summed E-state index contributed by atoms with van der Waals surface area (Å²) < 4.78 is 0. The minimum atomic E-state index is -1.10. The Balaban J connectivity index is 1.95. The predicted octanol–water partition coefficient (Wildman–Crippen LogP) is 3.30. The zero-order chi connectivity index (χ0) is 13.5. The van der Waals surface area contributed by atoms with E-state index in [1.54, 1.807) is 0 Å². The average Bonchev–Trinajstić information content (AvgIpc) is 2.45. The second-order valence-electron chi connectivity index (χ2n) is 4.06. The molecule has 0 aliphatic rings. The molecule has 0 atom stereocenters. The molecule has 0 spiro atoms. The standard InChI is InChI=1S/C15H15NO3/c17-15(18)16(11-13-7-3-1-4-8-13)19-12-14-9-5-2-6-10-14/h1-10H,11-12H2,(H,17,18). The van der Waals surface area contributed by atoms with Gasteiger partial charge in [0.2, 0.25) is 0 Å². The van der Waals surface area contributed by atoms with E-state index in [-0.39, 0.29) is 13.2 Å². The highest BCUT2D eigenvalue weighted by Gasteiger charge is 2.13. The van der Waals surface area contributed by atoms with Crippen molar-refractivity contribution in [3.05, 3.63) is 71.8 Å². The Morgan fingerprint density at radius 1 is 0.947 bits per heavy atom. The summed E-state index contributed by atoms with van der Waals surface area (Å²) in [5.41, 5.74) is 1.82. The lowest BCUT2D eigenvalue weighted by molar-refractivity contribution is -0.147. The van der Waals surface area contributed by atoms with Crippen LogP contribution in [0.25, 0.3) is 0 Å². The summed E-state index contributed by atoms with van der Waals surface area (Å²) in [7, 11) is 0. The van der Waals surface area contributed by atoms with Gasteiger partial charge in [-0.15, -0.1) is 0 Å². The Hall–Kier alpha value is -2.33. The van der Waals surface area contributed by atoms with Crippen LogP contribution in [0.1, 0.15) is 11.1 Å². The van der Waals surface area contributed by atoms with Crippen molar-refractivity contribution in [3.63, 3.8) is 0 Å². The maximum Gasteiger partial charge on any atom is 0.431 e. The van der Waals surface area contributed by atoms with E-state index in [0.29, 0.717) is 0 Å².